The van der Waals surface area contributed by atoms with Gasteiger partial charge in [0.1, 0.15) is 5.82 Å². The van der Waals surface area contributed by atoms with E-state index in [0.717, 1.165) is 34.0 Å². The van der Waals surface area contributed by atoms with Crippen molar-refractivity contribution < 1.29 is 13.9 Å². The highest BCUT2D eigenvalue weighted by atomic mass is 19.1. The SMILES string of the molecule is Fc1ccc([C@H]2NCc3cc4c(cc3-n3cccc32)OCO4)cc1. The first-order valence-corrected chi connectivity index (χ1v) is 7.88. The lowest BCUT2D eigenvalue weighted by Gasteiger charge is -2.18. The predicted molar refractivity (Wildman–Crippen MR) is 87.0 cm³/mol. The summed E-state index contributed by atoms with van der Waals surface area (Å²) < 4.78 is 26.4. The summed E-state index contributed by atoms with van der Waals surface area (Å²) in [6.07, 6.45) is 2.04. The van der Waals surface area contributed by atoms with Gasteiger partial charge in [0.05, 0.1) is 11.7 Å². The van der Waals surface area contributed by atoms with Gasteiger partial charge in [0.2, 0.25) is 6.79 Å². The minimum absolute atomic E-state index is 0.00956. The molecule has 0 saturated carbocycles. The first-order valence-electron chi connectivity index (χ1n) is 7.88. The molecule has 2 aliphatic rings. The fourth-order valence-corrected chi connectivity index (χ4v) is 3.45. The van der Waals surface area contributed by atoms with Gasteiger partial charge in [-0.3, -0.25) is 0 Å². The van der Waals surface area contributed by atoms with Crippen LogP contribution in [0.25, 0.3) is 5.69 Å². The van der Waals surface area contributed by atoms with Crippen LogP contribution in [0.2, 0.25) is 0 Å². The molecule has 0 bridgehead atoms. The lowest BCUT2D eigenvalue weighted by atomic mass is 10.0. The first-order chi connectivity index (χ1) is 11.8. The second-order valence-electron chi connectivity index (χ2n) is 6.00. The number of nitrogens with zero attached hydrogens (tertiary/aromatic N) is 1. The molecule has 0 fully saturated rings. The van der Waals surface area contributed by atoms with Gasteiger partial charge in [-0.1, -0.05) is 12.1 Å². The molecule has 4 nitrogen and oxygen atoms in total. The number of aromatic nitrogens is 1. The van der Waals surface area contributed by atoms with Crippen molar-refractivity contribution in [1.29, 1.82) is 0 Å². The summed E-state index contributed by atoms with van der Waals surface area (Å²) in [5.41, 5.74) is 4.36. The van der Waals surface area contributed by atoms with Gasteiger partial charge in [-0.05, 0) is 41.5 Å². The largest absolute Gasteiger partial charge is 0.454 e. The number of nitrogens with one attached hydrogen (secondary N) is 1. The van der Waals surface area contributed by atoms with Crippen LogP contribution in [0, 0.1) is 5.82 Å². The lowest BCUT2D eigenvalue weighted by Crippen LogP contribution is -2.21. The minimum atomic E-state index is -0.225. The fraction of sp³-hybridized carbons (Fsp3) is 0.158. The van der Waals surface area contributed by atoms with E-state index in [-0.39, 0.29) is 18.7 Å². The highest BCUT2D eigenvalue weighted by Gasteiger charge is 2.25. The van der Waals surface area contributed by atoms with Crippen LogP contribution in [0.1, 0.15) is 22.9 Å². The van der Waals surface area contributed by atoms with E-state index in [0.29, 0.717) is 6.54 Å². The van der Waals surface area contributed by atoms with Crippen LogP contribution < -0.4 is 14.8 Å². The Morgan fingerprint density at radius 3 is 2.67 bits per heavy atom. The summed E-state index contributed by atoms with van der Waals surface area (Å²) in [6.45, 7) is 0.956. The molecule has 3 heterocycles. The van der Waals surface area contributed by atoms with E-state index in [1.54, 1.807) is 0 Å². The molecular weight excluding hydrogens is 307 g/mol. The van der Waals surface area contributed by atoms with Crippen molar-refractivity contribution in [3.63, 3.8) is 0 Å². The third-order valence-corrected chi connectivity index (χ3v) is 4.61. The molecule has 5 rings (SSSR count). The average molecular weight is 322 g/mol. The molecule has 2 aromatic carbocycles. The molecule has 5 heteroatoms. The molecule has 0 saturated heterocycles. The molecule has 0 radical (unpaired) electrons. The van der Waals surface area contributed by atoms with Crippen molar-refractivity contribution in [3.05, 3.63) is 77.4 Å². The van der Waals surface area contributed by atoms with E-state index >= 15 is 0 Å². The van der Waals surface area contributed by atoms with Crippen LogP contribution in [-0.4, -0.2) is 11.4 Å². The number of benzene rings is 2. The van der Waals surface area contributed by atoms with Gasteiger partial charge in [0.15, 0.2) is 11.5 Å². The molecule has 2 aliphatic heterocycles. The first kappa shape index (κ1) is 13.6. The Morgan fingerprint density at radius 2 is 1.83 bits per heavy atom. The number of hydrogen-bond donors (Lipinski definition) is 1. The predicted octanol–water partition coefficient (Wildman–Crippen LogP) is 3.54. The van der Waals surface area contributed by atoms with Crippen LogP contribution in [0.3, 0.4) is 0 Å². The standard InChI is InChI=1S/C19H15FN2O2/c20-14-5-3-12(4-6-14)19-15-2-1-7-22(15)16-9-18-17(23-11-24-18)8-13(16)10-21-19/h1-9,19,21H,10-11H2/t19-/m1/s1. The number of fused-ring (bicyclic) bond motifs is 4. The zero-order chi connectivity index (χ0) is 16.1. The Kier molecular flexibility index (Phi) is 2.90. The second kappa shape index (κ2) is 5.11. The Balaban J connectivity index is 1.65. The molecule has 1 N–H and O–H groups in total. The van der Waals surface area contributed by atoms with Gasteiger partial charge < -0.3 is 19.4 Å². The maximum atomic E-state index is 13.3. The molecule has 24 heavy (non-hydrogen) atoms. The third-order valence-electron chi connectivity index (χ3n) is 4.61. The van der Waals surface area contributed by atoms with Crippen LogP contribution in [0.5, 0.6) is 11.5 Å². The highest BCUT2D eigenvalue weighted by molar-refractivity contribution is 5.57. The Bertz CT molecular complexity index is 918. The molecule has 0 unspecified atom stereocenters. The monoisotopic (exact) mass is 322 g/mol. The molecule has 0 aliphatic carbocycles. The number of rotatable bonds is 1. The van der Waals surface area contributed by atoms with E-state index in [2.05, 4.69) is 16.0 Å². The third kappa shape index (κ3) is 2.02. The summed E-state index contributed by atoms with van der Waals surface area (Å²) in [7, 11) is 0. The minimum Gasteiger partial charge on any atom is -0.454 e. The molecule has 1 atom stereocenters. The normalized spacial score (nSPS) is 18.0. The summed E-state index contributed by atoms with van der Waals surface area (Å²) in [5.74, 6) is 1.33. The zero-order valence-electron chi connectivity index (χ0n) is 12.8. The zero-order valence-corrected chi connectivity index (χ0v) is 12.8. The highest BCUT2D eigenvalue weighted by Crippen LogP contribution is 2.39. The van der Waals surface area contributed by atoms with E-state index in [9.17, 15) is 4.39 Å². The summed E-state index contributed by atoms with van der Waals surface area (Å²) in [5, 5.41) is 3.57. The molecule has 120 valence electrons. The van der Waals surface area contributed by atoms with Crippen LogP contribution in [0.4, 0.5) is 4.39 Å². The molecule has 1 aromatic heterocycles. The van der Waals surface area contributed by atoms with Crippen LogP contribution in [-0.2, 0) is 6.54 Å². The van der Waals surface area contributed by atoms with Gasteiger partial charge in [0.25, 0.3) is 0 Å². The van der Waals surface area contributed by atoms with Crippen molar-refractivity contribution in [1.82, 2.24) is 9.88 Å². The number of halogens is 1. The smallest absolute Gasteiger partial charge is 0.231 e. The summed E-state index contributed by atoms with van der Waals surface area (Å²) in [6, 6.07) is 14.8. The Morgan fingerprint density at radius 1 is 1.04 bits per heavy atom. The fourth-order valence-electron chi connectivity index (χ4n) is 3.45. The van der Waals surface area contributed by atoms with Crippen molar-refractivity contribution in [2.45, 2.75) is 12.6 Å². The van der Waals surface area contributed by atoms with E-state index in [1.807, 2.05) is 36.5 Å². The molecule has 0 spiro atoms. The van der Waals surface area contributed by atoms with Crippen LogP contribution >= 0.6 is 0 Å². The second-order valence-corrected chi connectivity index (χ2v) is 6.00. The maximum absolute atomic E-state index is 13.3. The van der Waals surface area contributed by atoms with E-state index in [1.165, 1.54) is 12.1 Å². The summed E-state index contributed by atoms with van der Waals surface area (Å²) in [4.78, 5) is 0. The van der Waals surface area contributed by atoms with E-state index < -0.39 is 0 Å². The van der Waals surface area contributed by atoms with Gasteiger partial charge >= 0.3 is 0 Å². The quantitative estimate of drug-likeness (QED) is 0.744. The topological polar surface area (TPSA) is 35.4 Å². The molecule has 3 aromatic rings. The number of hydrogen-bond acceptors (Lipinski definition) is 3. The van der Waals surface area contributed by atoms with E-state index in [4.69, 9.17) is 9.47 Å². The van der Waals surface area contributed by atoms with Gasteiger partial charge in [-0.2, -0.15) is 0 Å². The lowest BCUT2D eigenvalue weighted by molar-refractivity contribution is 0.174. The Labute approximate surface area is 138 Å². The van der Waals surface area contributed by atoms with Gasteiger partial charge in [-0.15, -0.1) is 0 Å². The van der Waals surface area contributed by atoms with Crippen molar-refractivity contribution in [3.8, 4) is 17.2 Å². The molecule has 0 amide bonds. The van der Waals surface area contributed by atoms with Gasteiger partial charge in [-0.25, -0.2) is 4.39 Å². The maximum Gasteiger partial charge on any atom is 0.231 e. The molecular formula is C19H15FN2O2. The Hall–Kier alpha value is -2.79. The van der Waals surface area contributed by atoms with Crippen molar-refractivity contribution in [2.75, 3.05) is 6.79 Å². The average Bonchev–Trinajstić information content (AvgIpc) is 3.22. The van der Waals surface area contributed by atoms with Gasteiger partial charge in [0, 0.05) is 24.5 Å². The van der Waals surface area contributed by atoms with Crippen molar-refractivity contribution >= 4 is 0 Å². The number of ether oxygens (including phenoxy) is 2. The van der Waals surface area contributed by atoms with Crippen LogP contribution in [0.15, 0.2) is 54.7 Å². The van der Waals surface area contributed by atoms with Crippen molar-refractivity contribution in [2.24, 2.45) is 0 Å². The summed E-state index contributed by atoms with van der Waals surface area (Å²) >= 11 is 0.